The van der Waals surface area contributed by atoms with Crippen LogP contribution in [0, 0.1) is 0 Å². The summed E-state index contributed by atoms with van der Waals surface area (Å²) in [4.78, 5) is 25.2. The predicted octanol–water partition coefficient (Wildman–Crippen LogP) is 6.70. The third-order valence-electron chi connectivity index (χ3n) is 7.44. The van der Waals surface area contributed by atoms with Crippen LogP contribution in [0.25, 0.3) is 0 Å². The number of carbonyl (C=O) groups is 2. The van der Waals surface area contributed by atoms with Crippen molar-refractivity contribution < 1.29 is 18.8 Å². The van der Waals surface area contributed by atoms with Crippen LogP contribution in [0.1, 0.15) is 87.0 Å². The van der Waals surface area contributed by atoms with E-state index in [-0.39, 0.29) is 16.9 Å². The molecular formula is C33H47NO4Si. The van der Waals surface area contributed by atoms with Gasteiger partial charge in [-0.15, -0.1) is 0 Å². The van der Waals surface area contributed by atoms with Crippen LogP contribution in [0.4, 0.5) is 4.79 Å². The van der Waals surface area contributed by atoms with Gasteiger partial charge in [-0.3, -0.25) is 4.79 Å². The topological polar surface area (TPSA) is 64.6 Å². The number of rotatable bonds is 10. The first-order valence-corrected chi connectivity index (χ1v) is 16.2. The highest BCUT2D eigenvalue weighted by molar-refractivity contribution is 6.99. The van der Waals surface area contributed by atoms with E-state index in [1.54, 1.807) is 6.92 Å². The van der Waals surface area contributed by atoms with Gasteiger partial charge < -0.3 is 14.5 Å². The number of nitrogens with one attached hydrogen (secondary N) is 1. The number of ether oxygens (including phenoxy) is 1. The Labute approximate surface area is 236 Å². The van der Waals surface area contributed by atoms with Crippen LogP contribution in [0.5, 0.6) is 0 Å². The fourth-order valence-corrected chi connectivity index (χ4v) is 10.3. The van der Waals surface area contributed by atoms with E-state index >= 15 is 0 Å². The maximum atomic E-state index is 12.9. The van der Waals surface area contributed by atoms with E-state index in [1.807, 2.05) is 32.9 Å². The summed E-state index contributed by atoms with van der Waals surface area (Å²) in [6, 6.07) is 20.8. The second kappa shape index (κ2) is 13.1. The molecule has 0 unspecified atom stereocenters. The van der Waals surface area contributed by atoms with Gasteiger partial charge in [-0.1, -0.05) is 87.0 Å². The Morgan fingerprint density at radius 3 is 1.90 bits per heavy atom. The molecule has 0 aliphatic heterocycles. The van der Waals surface area contributed by atoms with E-state index in [0.717, 1.165) is 37.7 Å². The minimum Gasteiger partial charge on any atom is -0.444 e. The zero-order chi connectivity index (χ0) is 28.7. The fourth-order valence-electron chi connectivity index (χ4n) is 5.68. The molecule has 1 amide bonds. The van der Waals surface area contributed by atoms with Crippen LogP contribution in [-0.4, -0.2) is 38.4 Å². The molecule has 0 bridgehead atoms. The second-order valence-electron chi connectivity index (χ2n) is 12.7. The molecule has 0 heterocycles. The molecule has 39 heavy (non-hydrogen) atoms. The zero-order valence-electron chi connectivity index (χ0n) is 24.9. The fraction of sp³-hybridized carbons (Fsp3) is 0.515. The number of hydrogen-bond acceptors (Lipinski definition) is 4. The van der Waals surface area contributed by atoms with Crippen LogP contribution in [-0.2, 0) is 14.0 Å². The minimum absolute atomic E-state index is 0.167. The highest BCUT2D eigenvalue weighted by Gasteiger charge is 2.50. The van der Waals surface area contributed by atoms with Gasteiger partial charge in [-0.2, -0.15) is 0 Å². The lowest BCUT2D eigenvalue weighted by molar-refractivity contribution is -0.113. The quantitative estimate of drug-likeness (QED) is 0.335. The molecule has 2 aromatic rings. The maximum Gasteiger partial charge on any atom is 0.407 e. The number of benzene rings is 2. The van der Waals surface area contributed by atoms with Crippen LogP contribution < -0.4 is 15.7 Å². The largest absolute Gasteiger partial charge is 0.444 e. The molecule has 0 fully saturated rings. The number of ketones is 1. The monoisotopic (exact) mass is 549 g/mol. The van der Waals surface area contributed by atoms with Crippen molar-refractivity contribution >= 4 is 30.6 Å². The summed E-state index contributed by atoms with van der Waals surface area (Å²) in [7, 11) is -2.77. The van der Waals surface area contributed by atoms with Gasteiger partial charge in [0, 0.05) is 0 Å². The van der Waals surface area contributed by atoms with Gasteiger partial charge in [-0.05, 0) is 87.2 Å². The highest BCUT2D eigenvalue weighted by atomic mass is 28.4. The van der Waals surface area contributed by atoms with E-state index in [4.69, 9.17) is 9.16 Å². The number of hydrogen-bond donors (Lipinski definition) is 1. The minimum atomic E-state index is -2.77. The number of amides is 1. The molecule has 2 aromatic carbocycles. The molecule has 0 saturated carbocycles. The lowest BCUT2D eigenvalue weighted by Crippen LogP contribution is -2.67. The van der Waals surface area contributed by atoms with Crippen LogP contribution in [0.15, 0.2) is 71.8 Å². The molecule has 0 radical (unpaired) electrons. The molecule has 3 rings (SSSR count). The summed E-state index contributed by atoms with van der Waals surface area (Å²) in [6.45, 7) is 14.4. The van der Waals surface area contributed by atoms with Crippen molar-refractivity contribution in [1.82, 2.24) is 5.32 Å². The van der Waals surface area contributed by atoms with Crippen molar-refractivity contribution in [2.45, 2.75) is 104 Å². The normalized spacial score (nSPS) is 15.6. The first-order valence-electron chi connectivity index (χ1n) is 14.3. The molecule has 6 heteroatoms. The third kappa shape index (κ3) is 8.15. The molecule has 212 valence electrons. The summed E-state index contributed by atoms with van der Waals surface area (Å²) in [5.41, 5.74) is 1.61. The predicted molar refractivity (Wildman–Crippen MR) is 162 cm³/mol. The SMILES string of the molecule is CC(=O)C1=C(CC[C@@H](CO[Si](c2ccccc2)(c2ccccc2)C(C)(C)C)NC(=O)OC(C)(C)C)CCCC1. The van der Waals surface area contributed by atoms with E-state index in [1.165, 1.54) is 15.9 Å². The number of alkyl carbamates (subject to hydrolysis) is 1. The van der Waals surface area contributed by atoms with E-state index in [9.17, 15) is 9.59 Å². The van der Waals surface area contributed by atoms with Gasteiger partial charge in [-0.25, -0.2) is 4.79 Å². The number of allylic oxidation sites excluding steroid dienone is 2. The van der Waals surface area contributed by atoms with Crippen molar-refractivity contribution in [3.63, 3.8) is 0 Å². The van der Waals surface area contributed by atoms with Crippen molar-refractivity contribution in [1.29, 1.82) is 0 Å². The van der Waals surface area contributed by atoms with Crippen LogP contribution >= 0.6 is 0 Å². The molecule has 1 N–H and O–H groups in total. The molecule has 1 aliphatic rings. The zero-order valence-corrected chi connectivity index (χ0v) is 25.9. The third-order valence-corrected chi connectivity index (χ3v) is 12.4. The van der Waals surface area contributed by atoms with Crippen molar-refractivity contribution in [2.24, 2.45) is 0 Å². The second-order valence-corrected chi connectivity index (χ2v) is 17.0. The molecular weight excluding hydrogens is 502 g/mol. The van der Waals surface area contributed by atoms with Gasteiger partial charge in [0.2, 0.25) is 0 Å². The lowest BCUT2D eigenvalue weighted by Gasteiger charge is -2.43. The van der Waals surface area contributed by atoms with Crippen LogP contribution in [0.2, 0.25) is 5.04 Å². The molecule has 0 spiro atoms. The average Bonchev–Trinajstić information content (AvgIpc) is 2.87. The number of carbonyl (C=O) groups excluding carboxylic acids is 2. The van der Waals surface area contributed by atoms with E-state index < -0.39 is 20.0 Å². The van der Waals surface area contributed by atoms with E-state index in [0.29, 0.717) is 13.0 Å². The Hall–Kier alpha value is -2.70. The Kier molecular flexibility index (Phi) is 10.4. The molecule has 0 aromatic heterocycles. The summed E-state index contributed by atoms with van der Waals surface area (Å²) in [5, 5.41) is 5.35. The van der Waals surface area contributed by atoms with Crippen molar-refractivity contribution in [3.8, 4) is 0 Å². The summed E-state index contributed by atoms with van der Waals surface area (Å²) in [6.07, 6.45) is 4.98. The Bertz CT molecular complexity index is 1090. The van der Waals surface area contributed by atoms with Gasteiger partial charge >= 0.3 is 6.09 Å². The Balaban J connectivity index is 1.95. The Morgan fingerprint density at radius 2 is 1.41 bits per heavy atom. The molecule has 0 saturated heterocycles. The smallest absolute Gasteiger partial charge is 0.407 e. The molecule has 5 nitrogen and oxygen atoms in total. The molecule has 1 atom stereocenters. The van der Waals surface area contributed by atoms with Crippen LogP contribution in [0.3, 0.4) is 0 Å². The highest BCUT2D eigenvalue weighted by Crippen LogP contribution is 2.37. The van der Waals surface area contributed by atoms with Gasteiger partial charge in [0.15, 0.2) is 5.78 Å². The maximum absolute atomic E-state index is 12.9. The van der Waals surface area contributed by atoms with Crippen molar-refractivity contribution in [2.75, 3.05) is 6.61 Å². The van der Waals surface area contributed by atoms with Crippen molar-refractivity contribution in [3.05, 3.63) is 71.8 Å². The molecule has 1 aliphatic carbocycles. The summed E-state index contributed by atoms with van der Waals surface area (Å²) in [5.74, 6) is 0.171. The van der Waals surface area contributed by atoms with E-state index in [2.05, 4.69) is 74.6 Å². The summed E-state index contributed by atoms with van der Waals surface area (Å²) < 4.78 is 12.8. The standard InChI is InChI=1S/C33H47NO4Si/c1-25(35)30-21-15-14-16-26(30)22-23-27(34-31(36)38-32(2,3)4)24-37-39(33(5,6)7,28-17-10-8-11-18-28)29-19-12-9-13-20-29/h8-13,17-20,27H,14-16,21-24H2,1-7H3,(H,34,36)/t27-/m0/s1. The average molecular weight is 550 g/mol. The van der Waals surface area contributed by atoms with Gasteiger partial charge in [0.05, 0.1) is 12.6 Å². The van der Waals surface area contributed by atoms with Gasteiger partial charge in [0.25, 0.3) is 8.32 Å². The summed E-state index contributed by atoms with van der Waals surface area (Å²) >= 11 is 0. The Morgan fingerprint density at radius 1 is 0.872 bits per heavy atom. The van der Waals surface area contributed by atoms with Gasteiger partial charge in [0.1, 0.15) is 5.60 Å². The first-order chi connectivity index (χ1) is 18.3. The first kappa shape index (κ1) is 30.8. The number of Topliss-reactive ketones (excluding diaryl/α,β-unsaturated/α-hetero) is 1. The lowest BCUT2D eigenvalue weighted by atomic mass is 9.86.